The Hall–Kier alpha value is -1.39. The molecule has 1 spiro atoms. The second-order valence-corrected chi connectivity index (χ2v) is 15.8. The van der Waals surface area contributed by atoms with Crippen molar-refractivity contribution in [2.24, 2.45) is 94.2 Å². The molecule has 9 saturated carbocycles. The summed E-state index contributed by atoms with van der Waals surface area (Å²) in [7, 11) is 0. The number of esters is 3. The van der Waals surface area contributed by atoms with Crippen LogP contribution >= 0.6 is 0 Å². The zero-order chi connectivity index (χ0) is 25.9. The van der Waals surface area contributed by atoms with Gasteiger partial charge in [0.25, 0.3) is 0 Å². The first kappa shape index (κ1) is 23.3. The highest BCUT2D eigenvalue weighted by molar-refractivity contribution is 5.97. The van der Waals surface area contributed by atoms with Gasteiger partial charge in [-0.05, 0) is 129 Å². The highest BCUT2D eigenvalue weighted by Crippen LogP contribution is 2.86. The fraction of sp³-hybridized carbons (Fsp3) is 0.909. The van der Waals surface area contributed by atoms with Gasteiger partial charge in [-0.15, -0.1) is 0 Å². The van der Waals surface area contributed by atoms with Crippen molar-refractivity contribution < 1.29 is 23.9 Å². The Morgan fingerprint density at radius 1 is 0.842 bits per heavy atom. The van der Waals surface area contributed by atoms with Gasteiger partial charge in [-0.3, -0.25) is 14.4 Å². The van der Waals surface area contributed by atoms with Gasteiger partial charge in [-0.2, -0.15) is 0 Å². The molecule has 0 aromatic rings. The average Bonchev–Trinajstić information content (AvgIpc) is 3.27. The lowest BCUT2D eigenvalue weighted by atomic mass is 9.46. The van der Waals surface area contributed by atoms with Crippen LogP contribution < -0.4 is 0 Å². The van der Waals surface area contributed by atoms with E-state index in [1.807, 2.05) is 0 Å². The Morgan fingerprint density at radius 3 is 2.21 bits per heavy atom. The molecular formula is C33H44O5. The van der Waals surface area contributed by atoms with Gasteiger partial charge >= 0.3 is 17.9 Å². The summed E-state index contributed by atoms with van der Waals surface area (Å²) in [4.78, 5) is 39.5. The normalized spacial score (nSPS) is 62.1. The molecule has 1 saturated heterocycles. The Labute approximate surface area is 226 Å². The molecule has 38 heavy (non-hydrogen) atoms. The van der Waals surface area contributed by atoms with Crippen molar-refractivity contribution in [3.8, 4) is 0 Å². The van der Waals surface area contributed by atoms with Crippen molar-refractivity contribution >= 4 is 17.9 Å². The van der Waals surface area contributed by atoms with Gasteiger partial charge < -0.3 is 9.47 Å². The number of carbonyl (C=O) groups excluding carboxylic acids is 3. The molecule has 1 heterocycles. The first-order valence-corrected chi connectivity index (χ1v) is 16.3. The molecule has 1 aliphatic heterocycles. The van der Waals surface area contributed by atoms with E-state index in [-0.39, 0.29) is 53.1 Å². The van der Waals surface area contributed by atoms with Crippen molar-refractivity contribution in [1.82, 2.24) is 0 Å². The standard InChI is InChI=1S/C33H44O5/c1-4-32(12-23-18-6-5-7-19(18)24-13-33(23,24)32)38-29(34)22-11-16-10-21(22)25(14(16)2)26-15(3)17-8-9-20(26)28-27(17)30(35)37-31(28)36/h14-28H,4-13H2,1-3H3. The molecule has 17 unspecified atom stereocenters. The molecule has 206 valence electrons. The van der Waals surface area contributed by atoms with E-state index >= 15 is 0 Å². The number of fused-ring (bicyclic) bond motifs is 7. The van der Waals surface area contributed by atoms with Gasteiger partial charge in [0.15, 0.2) is 0 Å². The van der Waals surface area contributed by atoms with Crippen LogP contribution in [0.15, 0.2) is 0 Å². The predicted molar refractivity (Wildman–Crippen MR) is 138 cm³/mol. The highest BCUT2D eigenvalue weighted by Gasteiger charge is 2.85. The molecule has 0 aromatic heterocycles. The summed E-state index contributed by atoms with van der Waals surface area (Å²) in [6.45, 7) is 7.02. The number of hydrogen-bond acceptors (Lipinski definition) is 5. The maximum absolute atomic E-state index is 14.1. The smallest absolute Gasteiger partial charge is 0.317 e. The average molecular weight is 521 g/mol. The molecule has 0 radical (unpaired) electrons. The minimum absolute atomic E-state index is 0.0267. The van der Waals surface area contributed by atoms with E-state index in [9.17, 15) is 14.4 Å². The van der Waals surface area contributed by atoms with Crippen LogP contribution in [0.3, 0.4) is 0 Å². The molecule has 10 aliphatic rings. The number of carbonyl (C=O) groups is 3. The van der Waals surface area contributed by atoms with Crippen molar-refractivity contribution in [2.45, 2.75) is 90.6 Å². The van der Waals surface area contributed by atoms with Gasteiger partial charge in [-0.1, -0.05) is 27.2 Å². The van der Waals surface area contributed by atoms with E-state index in [2.05, 4.69) is 20.8 Å². The van der Waals surface area contributed by atoms with Crippen molar-refractivity contribution in [1.29, 1.82) is 0 Å². The SMILES string of the molecule is CCC1(OC(=O)C2CC3CC2C(C2C(C)C4CCC2C2C(=O)OC(=O)C42)C3C)CC2C3CCCC3C3CC231. The van der Waals surface area contributed by atoms with Crippen LogP contribution in [0, 0.1) is 94.2 Å². The molecule has 9 aliphatic carbocycles. The van der Waals surface area contributed by atoms with Crippen molar-refractivity contribution in [3.05, 3.63) is 0 Å². The van der Waals surface area contributed by atoms with Crippen LogP contribution in [0.5, 0.6) is 0 Å². The molecule has 0 N–H and O–H groups in total. The summed E-state index contributed by atoms with van der Waals surface area (Å²) in [5.41, 5.74) is 0.143. The van der Waals surface area contributed by atoms with E-state index in [0.717, 1.165) is 62.2 Å². The summed E-state index contributed by atoms with van der Waals surface area (Å²) in [5, 5.41) is 0. The first-order valence-electron chi connectivity index (χ1n) is 16.3. The van der Waals surface area contributed by atoms with Gasteiger partial charge in [-0.25, -0.2) is 0 Å². The van der Waals surface area contributed by atoms with Gasteiger partial charge in [0.2, 0.25) is 0 Å². The van der Waals surface area contributed by atoms with Gasteiger partial charge in [0.1, 0.15) is 5.60 Å². The topological polar surface area (TPSA) is 69.7 Å². The quantitative estimate of drug-likeness (QED) is 0.354. The lowest BCUT2D eigenvalue weighted by Gasteiger charge is -2.57. The van der Waals surface area contributed by atoms with Crippen LogP contribution in [-0.4, -0.2) is 23.5 Å². The third kappa shape index (κ3) is 2.44. The number of hydrogen-bond donors (Lipinski definition) is 0. The molecule has 5 heteroatoms. The summed E-state index contributed by atoms with van der Waals surface area (Å²) in [6.07, 6.45) is 11.9. The lowest BCUT2D eigenvalue weighted by molar-refractivity contribution is -0.216. The van der Waals surface area contributed by atoms with E-state index in [0.29, 0.717) is 40.9 Å². The summed E-state index contributed by atoms with van der Waals surface area (Å²) >= 11 is 0. The fourth-order valence-electron chi connectivity index (χ4n) is 14.3. The summed E-state index contributed by atoms with van der Waals surface area (Å²) in [6, 6.07) is 0. The predicted octanol–water partition coefficient (Wildman–Crippen LogP) is 5.65. The lowest BCUT2D eigenvalue weighted by Crippen LogP contribution is -2.60. The molecule has 0 aromatic carbocycles. The summed E-state index contributed by atoms with van der Waals surface area (Å²) in [5.74, 6) is 5.99. The molecular weight excluding hydrogens is 476 g/mol. The number of rotatable bonds is 4. The van der Waals surface area contributed by atoms with Crippen LogP contribution in [-0.2, 0) is 23.9 Å². The van der Waals surface area contributed by atoms with E-state index in [1.165, 1.54) is 25.7 Å². The minimum Gasteiger partial charge on any atom is -0.458 e. The van der Waals surface area contributed by atoms with E-state index < -0.39 is 0 Å². The molecule has 5 nitrogen and oxygen atoms in total. The van der Waals surface area contributed by atoms with E-state index in [1.54, 1.807) is 0 Å². The second kappa shape index (κ2) is 7.27. The fourth-order valence-corrected chi connectivity index (χ4v) is 14.3. The van der Waals surface area contributed by atoms with Crippen LogP contribution in [0.1, 0.15) is 85.0 Å². The highest BCUT2D eigenvalue weighted by atomic mass is 16.6. The minimum atomic E-state index is -0.264. The zero-order valence-electron chi connectivity index (χ0n) is 23.3. The number of cyclic esters (lactones) is 2. The molecule has 0 amide bonds. The van der Waals surface area contributed by atoms with E-state index in [4.69, 9.17) is 9.47 Å². The Balaban J connectivity index is 0.978. The molecule has 4 bridgehead atoms. The maximum Gasteiger partial charge on any atom is 0.317 e. The third-order valence-electron chi connectivity index (χ3n) is 15.6. The monoisotopic (exact) mass is 520 g/mol. The third-order valence-corrected chi connectivity index (χ3v) is 15.6. The Bertz CT molecular complexity index is 1130. The zero-order valence-corrected chi connectivity index (χ0v) is 23.3. The second-order valence-electron chi connectivity index (χ2n) is 15.8. The van der Waals surface area contributed by atoms with Crippen LogP contribution in [0.25, 0.3) is 0 Å². The Morgan fingerprint density at radius 2 is 1.50 bits per heavy atom. The molecule has 17 atom stereocenters. The largest absolute Gasteiger partial charge is 0.458 e. The van der Waals surface area contributed by atoms with Crippen LogP contribution in [0.2, 0.25) is 0 Å². The number of ether oxygens (including phenoxy) is 2. The maximum atomic E-state index is 14.1. The van der Waals surface area contributed by atoms with Crippen molar-refractivity contribution in [2.75, 3.05) is 0 Å². The Kier molecular flexibility index (Phi) is 4.46. The van der Waals surface area contributed by atoms with Gasteiger partial charge in [0.05, 0.1) is 17.8 Å². The van der Waals surface area contributed by atoms with Crippen molar-refractivity contribution in [3.63, 3.8) is 0 Å². The van der Waals surface area contributed by atoms with Crippen LogP contribution in [0.4, 0.5) is 0 Å². The van der Waals surface area contributed by atoms with Gasteiger partial charge in [0, 0.05) is 5.41 Å². The summed E-state index contributed by atoms with van der Waals surface area (Å²) < 4.78 is 12.0. The first-order chi connectivity index (χ1) is 18.3. The molecule has 10 rings (SSSR count). The molecule has 10 fully saturated rings.